The summed E-state index contributed by atoms with van der Waals surface area (Å²) in [4.78, 5) is 19.4. The van der Waals surface area contributed by atoms with Gasteiger partial charge in [-0.2, -0.15) is 0 Å². The fourth-order valence-corrected chi connectivity index (χ4v) is 3.93. The van der Waals surface area contributed by atoms with E-state index in [1.54, 1.807) is 38.7 Å². The molecule has 1 unspecified atom stereocenters. The van der Waals surface area contributed by atoms with Crippen LogP contribution in [-0.2, 0) is 6.42 Å². The molecule has 2 aromatic carbocycles. The summed E-state index contributed by atoms with van der Waals surface area (Å²) < 4.78 is 11.0. The Balaban J connectivity index is 1.85. The second-order valence-corrected chi connectivity index (χ2v) is 7.20. The van der Waals surface area contributed by atoms with Gasteiger partial charge in [0.1, 0.15) is 0 Å². The predicted molar refractivity (Wildman–Crippen MR) is 112 cm³/mol. The third kappa shape index (κ3) is 3.56. The van der Waals surface area contributed by atoms with Crippen molar-refractivity contribution in [1.29, 1.82) is 0 Å². The topological polar surface area (TPSA) is 51.7 Å². The first-order valence-electron chi connectivity index (χ1n) is 9.64. The lowest BCUT2D eigenvalue weighted by molar-refractivity contribution is 0.0694. The minimum Gasteiger partial charge on any atom is -0.493 e. The number of carbonyl (C=O) groups is 1. The Morgan fingerprint density at radius 1 is 1.00 bits per heavy atom. The summed E-state index contributed by atoms with van der Waals surface area (Å²) in [5, 5.41) is 0. The molecule has 3 aromatic rings. The molecule has 0 spiro atoms. The number of methoxy groups -OCH3 is 2. The van der Waals surface area contributed by atoms with Crippen LogP contribution >= 0.6 is 0 Å². The van der Waals surface area contributed by atoms with Crippen LogP contribution in [0.3, 0.4) is 0 Å². The average molecular weight is 388 g/mol. The van der Waals surface area contributed by atoms with Gasteiger partial charge in [-0.1, -0.05) is 29.8 Å². The standard InChI is InChI=1S/C24H24N2O3/c1-16-4-6-17(7-5-16)23-20-15-22(29-3)21(28-2)14-19(20)10-13-26(23)24(27)18-8-11-25-12-9-18/h4-9,11-12,14-15,23H,10,13H2,1-3H3. The van der Waals surface area contributed by atoms with Crippen LogP contribution in [0.5, 0.6) is 11.5 Å². The molecule has 0 fully saturated rings. The van der Waals surface area contributed by atoms with Gasteiger partial charge in [-0.3, -0.25) is 9.78 Å². The van der Waals surface area contributed by atoms with Gasteiger partial charge in [0.25, 0.3) is 5.91 Å². The number of rotatable bonds is 4. The number of amides is 1. The molecule has 1 aliphatic rings. The number of carbonyl (C=O) groups excluding carboxylic acids is 1. The van der Waals surface area contributed by atoms with E-state index in [1.807, 2.05) is 17.0 Å². The molecule has 1 aliphatic heterocycles. The van der Waals surface area contributed by atoms with Gasteiger partial charge in [0, 0.05) is 24.5 Å². The fourth-order valence-electron chi connectivity index (χ4n) is 3.93. The molecule has 0 saturated heterocycles. The van der Waals surface area contributed by atoms with Crippen LogP contribution in [0.2, 0.25) is 0 Å². The zero-order valence-corrected chi connectivity index (χ0v) is 16.9. The average Bonchev–Trinajstić information content (AvgIpc) is 2.78. The van der Waals surface area contributed by atoms with Crippen molar-refractivity contribution < 1.29 is 14.3 Å². The number of hydrogen-bond donors (Lipinski definition) is 0. The van der Waals surface area contributed by atoms with Crippen LogP contribution in [0.15, 0.2) is 60.9 Å². The lowest BCUT2D eigenvalue weighted by Gasteiger charge is -2.38. The van der Waals surface area contributed by atoms with E-state index in [0.717, 1.165) is 17.5 Å². The molecule has 0 bridgehead atoms. The number of ether oxygens (including phenoxy) is 2. The summed E-state index contributed by atoms with van der Waals surface area (Å²) in [6.45, 7) is 2.69. The summed E-state index contributed by atoms with van der Waals surface area (Å²) in [6.07, 6.45) is 4.06. The van der Waals surface area contributed by atoms with E-state index in [2.05, 4.69) is 36.2 Å². The number of fused-ring (bicyclic) bond motifs is 1. The Morgan fingerprint density at radius 3 is 2.31 bits per heavy atom. The third-order valence-electron chi connectivity index (χ3n) is 5.45. The monoisotopic (exact) mass is 388 g/mol. The van der Waals surface area contributed by atoms with Crippen molar-refractivity contribution in [2.45, 2.75) is 19.4 Å². The summed E-state index contributed by atoms with van der Waals surface area (Å²) in [5.41, 5.74) is 5.14. The number of aryl methyl sites for hydroxylation is 1. The van der Waals surface area contributed by atoms with Crippen molar-refractivity contribution >= 4 is 5.91 Å². The number of benzene rings is 2. The van der Waals surface area contributed by atoms with E-state index in [0.29, 0.717) is 23.6 Å². The first-order valence-corrected chi connectivity index (χ1v) is 9.64. The maximum absolute atomic E-state index is 13.4. The maximum Gasteiger partial charge on any atom is 0.254 e. The molecule has 5 nitrogen and oxygen atoms in total. The van der Waals surface area contributed by atoms with E-state index < -0.39 is 0 Å². The largest absolute Gasteiger partial charge is 0.493 e. The minimum absolute atomic E-state index is 0.00147. The Kier molecular flexibility index (Phi) is 5.21. The van der Waals surface area contributed by atoms with Gasteiger partial charge in [-0.25, -0.2) is 0 Å². The van der Waals surface area contributed by atoms with E-state index in [-0.39, 0.29) is 11.9 Å². The summed E-state index contributed by atoms with van der Waals surface area (Å²) >= 11 is 0. The van der Waals surface area contributed by atoms with Crippen molar-refractivity contribution in [2.75, 3.05) is 20.8 Å². The van der Waals surface area contributed by atoms with Crippen LogP contribution in [0, 0.1) is 6.92 Å². The summed E-state index contributed by atoms with van der Waals surface area (Å²) in [5.74, 6) is 1.38. The van der Waals surface area contributed by atoms with Crippen molar-refractivity contribution in [3.8, 4) is 11.5 Å². The molecule has 148 valence electrons. The third-order valence-corrected chi connectivity index (χ3v) is 5.45. The highest BCUT2D eigenvalue weighted by molar-refractivity contribution is 5.94. The normalized spacial score (nSPS) is 15.6. The summed E-state index contributed by atoms with van der Waals surface area (Å²) in [6, 6.07) is 15.7. The van der Waals surface area contributed by atoms with Crippen LogP contribution in [-0.4, -0.2) is 36.6 Å². The van der Waals surface area contributed by atoms with Crippen LogP contribution in [0.4, 0.5) is 0 Å². The molecule has 5 heteroatoms. The minimum atomic E-state index is -0.195. The fraction of sp³-hybridized carbons (Fsp3) is 0.250. The van der Waals surface area contributed by atoms with Gasteiger partial charge in [-0.05, 0) is 54.3 Å². The van der Waals surface area contributed by atoms with Gasteiger partial charge >= 0.3 is 0 Å². The molecule has 0 N–H and O–H groups in total. The highest BCUT2D eigenvalue weighted by atomic mass is 16.5. The second-order valence-electron chi connectivity index (χ2n) is 7.20. The highest BCUT2D eigenvalue weighted by Crippen LogP contribution is 2.41. The van der Waals surface area contributed by atoms with Gasteiger partial charge in [0.05, 0.1) is 20.3 Å². The first-order chi connectivity index (χ1) is 14.1. The Morgan fingerprint density at radius 2 is 1.66 bits per heavy atom. The predicted octanol–water partition coefficient (Wildman–Crippen LogP) is 4.20. The highest BCUT2D eigenvalue weighted by Gasteiger charge is 2.33. The molecule has 1 amide bonds. The van der Waals surface area contributed by atoms with E-state index in [1.165, 1.54) is 11.1 Å². The van der Waals surface area contributed by atoms with Crippen molar-refractivity contribution in [3.05, 3.63) is 88.7 Å². The van der Waals surface area contributed by atoms with E-state index in [9.17, 15) is 4.79 Å². The zero-order valence-electron chi connectivity index (χ0n) is 16.9. The molecular weight excluding hydrogens is 364 g/mol. The smallest absolute Gasteiger partial charge is 0.254 e. The van der Waals surface area contributed by atoms with Crippen molar-refractivity contribution in [3.63, 3.8) is 0 Å². The number of aromatic nitrogens is 1. The van der Waals surface area contributed by atoms with Gasteiger partial charge in [-0.15, -0.1) is 0 Å². The lowest BCUT2D eigenvalue weighted by atomic mass is 9.87. The number of nitrogens with zero attached hydrogens (tertiary/aromatic N) is 2. The van der Waals surface area contributed by atoms with Gasteiger partial charge < -0.3 is 14.4 Å². The van der Waals surface area contributed by atoms with Crippen molar-refractivity contribution in [2.24, 2.45) is 0 Å². The molecular formula is C24H24N2O3. The van der Waals surface area contributed by atoms with Gasteiger partial charge in [0.15, 0.2) is 11.5 Å². The molecule has 2 heterocycles. The van der Waals surface area contributed by atoms with Crippen LogP contribution in [0.1, 0.15) is 38.7 Å². The quantitative estimate of drug-likeness (QED) is 0.672. The molecule has 1 atom stereocenters. The molecule has 1 aromatic heterocycles. The molecule has 0 radical (unpaired) electrons. The molecule has 0 saturated carbocycles. The SMILES string of the molecule is COc1cc2c(cc1OC)C(c1ccc(C)cc1)N(C(=O)c1ccncc1)CC2. The van der Waals surface area contributed by atoms with Crippen molar-refractivity contribution in [1.82, 2.24) is 9.88 Å². The Bertz CT molecular complexity index is 1020. The zero-order chi connectivity index (χ0) is 20.4. The number of pyridine rings is 1. The molecule has 0 aliphatic carbocycles. The Labute approximate surface area is 170 Å². The van der Waals surface area contributed by atoms with Gasteiger partial charge in [0.2, 0.25) is 0 Å². The van der Waals surface area contributed by atoms with E-state index >= 15 is 0 Å². The molecule has 4 rings (SSSR count). The Hall–Kier alpha value is -3.34. The van der Waals surface area contributed by atoms with Crippen LogP contribution in [0.25, 0.3) is 0 Å². The summed E-state index contributed by atoms with van der Waals surface area (Å²) in [7, 11) is 3.28. The first kappa shape index (κ1) is 19.0. The maximum atomic E-state index is 13.4. The molecule has 29 heavy (non-hydrogen) atoms. The number of hydrogen-bond acceptors (Lipinski definition) is 4. The second kappa shape index (κ2) is 7.95. The van der Waals surface area contributed by atoms with Crippen LogP contribution < -0.4 is 9.47 Å². The van der Waals surface area contributed by atoms with E-state index in [4.69, 9.17) is 9.47 Å². The lowest BCUT2D eigenvalue weighted by Crippen LogP contribution is -2.40.